The molecule has 1 heterocycles. The Bertz CT molecular complexity index is 550. The van der Waals surface area contributed by atoms with E-state index in [1.165, 1.54) is 16.8 Å². The molecule has 1 fully saturated rings. The van der Waals surface area contributed by atoms with Gasteiger partial charge >= 0.3 is 0 Å². The number of hydrogen-bond donors (Lipinski definition) is 0. The third-order valence-corrected chi connectivity index (χ3v) is 4.08. The summed E-state index contributed by atoms with van der Waals surface area (Å²) in [5.41, 5.74) is 0.179. The highest BCUT2D eigenvalue weighted by Gasteiger charge is 2.28. The minimum absolute atomic E-state index is 0.103. The molecule has 1 aromatic heterocycles. The zero-order valence-corrected chi connectivity index (χ0v) is 13.5. The number of ether oxygens (including phenoxy) is 1. The van der Waals surface area contributed by atoms with Crippen LogP contribution >= 0.6 is 0 Å². The molecule has 6 heteroatoms. The number of rotatable bonds is 7. The highest BCUT2D eigenvalue weighted by molar-refractivity contribution is 5.92. The molecule has 1 saturated carbocycles. The Balaban J connectivity index is 2.21. The van der Waals surface area contributed by atoms with Gasteiger partial charge in [0, 0.05) is 32.3 Å². The molecule has 0 bridgehead atoms. The van der Waals surface area contributed by atoms with Crippen LogP contribution in [0, 0.1) is 0 Å². The van der Waals surface area contributed by atoms with E-state index in [0.717, 1.165) is 32.1 Å². The van der Waals surface area contributed by atoms with Crippen molar-refractivity contribution >= 4 is 5.91 Å². The van der Waals surface area contributed by atoms with Crippen LogP contribution in [0.25, 0.3) is 0 Å². The normalized spacial score (nSPS) is 15.2. The predicted octanol–water partition coefficient (Wildman–Crippen LogP) is 1.68. The summed E-state index contributed by atoms with van der Waals surface area (Å²) >= 11 is 0. The summed E-state index contributed by atoms with van der Waals surface area (Å²) in [6.45, 7) is 3.58. The lowest BCUT2D eigenvalue weighted by atomic mass is 10.2. The maximum Gasteiger partial charge on any atom is 0.274 e. The van der Waals surface area contributed by atoms with Crippen LogP contribution in [0.1, 0.15) is 49.5 Å². The van der Waals surface area contributed by atoms with Gasteiger partial charge in [0.2, 0.25) is 0 Å². The van der Waals surface area contributed by atoms with Crippen molar-refractivity contribution in [1.82, 2.24) is 14.7 Å². The largest absolute Gasteiger partial charge is 0.383 e. The summed E-state index contributed by atoms with van der Waals surface area (Å²) in [4.78, 5) is 26.4. The molecule has 1 amide bonds. The summed E-state index contributed by atoms with van der Waals surface area (Å²) in [5, 5.41) is 4.23. The van der Waals surface area contributed by atoms with Gasteiger partial charge in [0.25, 0.3) is 11.5 Å². The lowest BCUT2D eigenvalue weighted by molar-refractivity contribution is 0.0597. The van der Waals surface area contributed by atoms with Gasteiger partial charge in [0.05, 0.1) is 6.61 Å². The van der Waals surface area contributed by atoms with Crippen molar-refractivity contribution in [2.75, 3.05) is 20.3 Å². The van der Waals surface area contributed by atoms with Crippen LogP contribution in [-0.2, 0) is 11.3 Å². The van der Waals surface area contributed by atoms with Crippen LogP contribution in [0.5, 0.6) is 0 Å². The second kappa shape index (κ2) is 8.08. The molecule has 1 aromatic rings. The molecule has 1 aliphatic rings. The average Bonchev–Trinajstić information content (AvgIpc) is 3.04. The van der Waals surface area contributed by atoms with Crippen molar-refractivity contribution in [3.8, 4) is 0 Å². The van der Waals surface area contributed by atoms with Crippen molar-refractivity contribution in [1.29, 1.82) is 0 Å². The number of hydrogen-bond acceptors (Lipinski definition) is 4. The van der Waals surface area contributed by atoms with Crippen molar-refractivity contribution in [2.45, 2.75) is 51.6 Å². The molecular weight excluding hydrogens is 282 g/mol. The Hall–Kier alpha value is -1.69. The Morgan fingerprint density at radius 3 is 2.77 bits per heavy atom. The van der Waals surface area contributed by atoms with E-state index in [4.69, 9.17) is 4.74 Å². The molecule has 2 rings (SSSR count). The quantitative estimate of drug-likeness (QED) is 0.769. The zero-order chi connectivity index (χ0) is 15.9. The molecule has 0 N–H and O–H groups in total. The number of amides is 1. The number of carbonyl (C=O) groups is 1. The first-order chi connectivity index (χ1) is 10.7. The van der Waals surface area contributed by atoms with Gasteiger partial charge in [-0.15, -0.1) is 0 Å². The lowest BCUT2D eigenvalue weighted by Crippen LogP contribution is -2.42. The van der Waals surface area contributed by atoms with Crippen molar-refractivity contribution in [3.05, 3.63) is 28.2 Å². The van der Waals surface area contributed by atoms with Crippen LogP contribution in [-0.4, -0.2) is 46.9 Å². The molecule has 122 valence electrons. The molecule has 0 radical (unpaired) electrons. The highest BCUT2D eigenvalue weighted by atomic mass is 16.5. The third-order valence-electron chi connectivity index (χ3n) is 4.08. The number of nitrogens with zero attached hydrogens (tertiary/aromatic N) is 3. The fourth-order valence-electron chi connectivity index (χ4n) is 2.94. The van der Waals surface area contributed by atoms with Crippen LogP contribution in [0.3, 0.4) is 0 Å². The summed E-state index contributed by atoms with van der Waals surface area (Å²) in [6.07, 6.45) is 5.18. The molecule has 0 aliphatic heterocycles. The van der Waals surface area contributed by atoms with Crippen molar-refractivity contribution in [3.63, 3.8) is 0 Å². The number of methoxy groups -OCH3 is 1. The Morgan fingerprint density at radius 2 is 2.14 bits per heavy atom. The fourth-order valence-corrected chi connectivity index (χ4v) is 2.94. The summed E-state index contributed by atoms with van der Waals surface area (Å²) in [7, 11) is 1.64. The minimum atomic E-state index is -0.164. The predicted molar refractivity (Wildman–Crippen MR) is 84.0 cm³/mol. The van der Waals surface area contributed by atoms with E-state index in [1.807, 2.05) is 11.8 Å². The summed E-state index contributed by atoms with van der Waals surface area (Å²) in [5.74, 6) is -0.103. The monoisotopic (exact) mass is 307 g/mol. The first-order valence-electron chi connectivity index (χ1n) is 8.05. The first-order valence-corrected chi connectivity index (χ1v) is 8.05. The molecule has 0 saturated heterocycles. The highest BCUT2D eigenvalue weighted by Crippen LogP contribution is 2.24. The second-order valence-electron chi connectivity index (χ2n) is 5.71. The third kappa shape index (κ3) is 3.94. The van der Waals surface area contributed by atoms with E-state index in [-0.39, 0.29) is 17.5 Å². The van der Waals surface area contributed by atoms with Gasteiger partial charge in [0.15, 0.2) is 0 Å². The minimum Gasteiger partial charge on any atom is -0.383 e. The first kappa shape index (κ1) is 16.7. The molecular formula is C16H25N3O3. The molecule has 22 heavy (non-hydrogen) atoms. The van der Waals surface area contributed by atoms with Gasteiger partial charge in [-0.3, -0.25) is 9.59 Å². The van der Waals surface area contributed by atoms with Gasteiger partial charge in [-0.2, -0.15) is 5.10 Å². The second-order valence-corrected chi connectivity index (χ2v) is 5.71. The SMILES string of the molecule is CCCn1nc(C(=O)N(CCOC)C2CCCC2)ccc1=O. The molecule has 0 unspecified atom stereocenters. The smallest absolute Gasteiger partial charge is 0.274 e. The van der Waals surface area contributed by atoms with E-state index in [1.54, 1.807) is 7.11 Å². The van der Waals surface area contributed by atoms with Crippen molar-refractivity contribution in [2.24, 2.45) is 0 Å². The Kier molecular flexibility index (Phi) is 6.12. The average molecular weight is 307 g/mol. The van der Waals surface area contributed by atoms with E-state index in [2.05, 4.69) is 5.10 Å². The van der Waals surface area contributed by atoms with Gasteiger partial charge in [-0.1, -0.05) is 19.8 Å². The fraction of sp³-hybridized carbons (Fsp3) is 0.688. The Morgan fingerprint density at radius 1 is 1.41 bits per heavy atom. The lowest BCUT2D eigenvalue weighted by Gasteiger charge is -2.28. The van der Waals surface area contributed by atoms with Crippen LogP contribution in [0.4, 0.5) is 0 Å². The maximum atomic E-state index is 12.8. The zero-order valence-electron chi connectivity index (χ0n) is 13.5. The number of aromatic nitrogens is 2. The topological polar surface area (TPSA) is 64.4 Å². The van der Waals surface area contributed by atoms with E-state index < -0.39 is 0 Å². The number of aryl methyl sites for hydroxylation is 1. The van der Waals surface area contributed by atoms with Gasteiger partial charge in [0.1, 0.15) is 5.69 Å². The van der Waals surface area contributed by atoms with Gasteiger partial charge in [-0.25, -0.2) is 4.68 Å². The molecule has 0 spiro atoms. The van der Waals surface area contributed by atoms with E-state index >= 15 is 0 Å². The van der Waals surface area contributed by atoms with Crippen molar-refractivity contribution < 1.29 is 9.53 Å². The van der Waals surface area contributed by atoms with Gasteiger partial charge < -0.3 is 9.64 Å². The summed E-state index contributed by atoms with van der Waals surface area (Å²) in [6, 6.07) is 3.22. The van der Waals surface area contributed by atoms with Crippen LogP contribution in [0.15, 0.2) is 16.9 Å². The maximum absolute atomic E-state index is 12.8. The molecule has 0 atom stereocenters. The molecule has 1 aliphatic carbocycles. The van der Waals surface area contributed by atoms with E-state index in [9.17, 15) is 9.59 Å². The van der Waals surface area contributed by atoms with Gasteiger partial charge in [-0.05, 0) is 25.3 Å². The Labute approximate surface area is 131 Å². The molecule has 6 nitrogen and oxygen atoms in total. The standard InChI is InChI=1S/C16H25N3O3/c1-3-10-19-15(20)9-8-14(17-19)16(21)18(11-12-22-2)13-6-4-5-7-13/h8-9,13H,3-7,10-12H2,1-2H3. The van der Waals surface area contributed by atoms with E-state index in [0.29, 0.717) is 25.4 Å². The summed E-state index contributed by atoms with van der Waals surface area (Å²) < 4.78 is 6.50. The molecule has 0 aromatic carbocycles. The van der Waals surface area contributed by atoms with Crippen LogP contribution < -0.4 is 5.56 Å². The van der Waals surface area contributed by atoms with Crippen LogP contribution in [0.2, 0.25) is 0 Å². The number of carbonyl (C=O) groups excluding carboxylic acids is 1.